The fourth-order valence-electron chi connectivity index (χ4n) is 3.54. The van der Waals surface area contributed by atoms with Crippen molar-refractivity contribution in [2.45, 2.75) is 25.4 Å². The molecule has 3 aromatic rings. The van der Waals surface area contributed by atoms with Crippen LogP contribution in [-0.2, 0) is 16.1 Å². The molecule has 0 radical (unpaired) electrons. The van der Waals surface area contributed by atoms with Gasteiger partial charge in [-0.05, 0) is 48.6 Å². The number of imidazole rings is 1. The van der Waals surface area contributed by atoms with Crippen LogP contribution in [-0.4, -0.2) is 34.7 Å². The SMILES string of the molecule is Cl.Cl.NC(C(=O)Nc1ccc(Cn2cnc3ccccc32)cc1)C1CCOCC1. The Bertz CT molecular complexity index is 924. The lowest BCUT2D eigenvalue weighted by Gasteiger charge is -2.26. The zero-order valence-electron chi connectivity index (χ0n) is 16.0. The number of benzene rings is 2. The molecule has 8 heteroatoms. The Morgan fingerprint density at radius 3 is 2.55 bits per heavy atom. The van der Waals surface area contributed by atoms with Gasteiger partial charge in [0, 0.05) is 25.4 Å². The number of hydrogen-bond acceptors (Lipinski definition) is 4. The summed E-state index contributed by atoms with van der Waals surface area (Å²) in [6, 6.07) is 15.5. The highest BCUT2D eigenvalue weighted by atomic mass is 35.5. The van der Waals surface area contributed by atoms with Crippen molar-refractivity contribution in [1.82, 2.24) is 9.55 Å². The van der Waals surface area contributed by atoms with Gasteiger partial charge in [-0.1, -0.05) is 24.3 Å². The number of nitrogens with one attached hydrogen (secondary N) is 1. The van der Waals surface area contributed by atoms with Crippen molar-refractivity contribution in [3.8, 4) is 0 Å². The van der Waals surface area contributed by atoms with E-state index in [2.05, 4.69) is 20.9 Å². The molecule has 0 aliphatic carbocycles. The summed E-state index contributed by atoms with van der Waals surface area (Å²) in [6.07, 6.45) is 3.53. The predicted octanol–water partition coefficient (Wildman–Crippen LogP) is 3.62. The van der Waals surface area contributed by atoms with E-state index in [-0.39, 0.29) is 36.6 Å². The van der Waals surface area contributed by atoms with E-state index in [4.69, 9.17) is 10.5 Å². The first-order chi connectivity index (χ1) is 13.2. The van der Waals surface area contributed by atoms with Crippen LogP contribution in [0.15, 0.2) is 54.9 Å². The third-order valence-electron chi connectivity index (χ3n) is 5.18. The second-order valence-electron chi connectivity index (χ2n) is 7.02. The summed E-state index contributed by atoms with van der Waals surface area (Å²) in [5, 5.41) is 2.93. The Morgan fingerprint density at radius 2 is 1.83 bits per heavy atom. The van der Waals surface area contributed by atoms with Gasteiger partial charge in [-0.3, -0.25) is 4.79 Å². The fraction of sp³-hybridized carbons (Fsp3) is 0.333. The minimum absolute atomic E-state index is 0. The first-order valence-electron chi connectivity index (χ1n) is 9.34. The number of nitrogens with two attached hydrogens (primary N) is 1. The quantitative estimate of drug-likeness (QED) is 0.639. The number of rotatable bonds is 5. The lowest BCUT2D eigenvalue weighted by atomic mass is 9.92. The lowest BCUT2D eigenvalue weighted by molar-refractivity contribution is -0.119. The molecule has 4 rings (SSSR count). The van der Waals surface area contributed by atoms with Gasteiger partial charge in [0.25, 0.3) is 0 Å². The molecule has 2 heterocycles. The molecule has 1 aliphatic heterocycles. The predicted molar refractivity (Wildman–Crippen MR) is 120 cm³/mol. The highest BCUT2D eigenvalue weighted by Gasteiger charge is 2.26. The largest absolute Gasteiger partial charge is 0.381 e. The van der Waals surface area contributed by atoms with Gasteiger partial charge < -0.3 is 20.4 Å². The van der Waals surface area contributed by atoms with E-state index in [0.717, 1.165) is 41.7 Å². The highest BCUT2D eigenvalue weighted by molar-refractivity contribution is 5.94. The molecule has 1 aromatic heterocycles. The fourth-order valence-corrected chi connectivity index (χ4v) is 3.54. The van der Waals surface area contributed by atoms with Crippen LogP contribution in [0.4, 0.5) is 5.69 Å². The standard InChI is InChI=1S/C21H24N4O2.2ClH/c22-20(16-9-11-27-12-10-16)21(26)24-17-7-5-15(6-8-17)13-25-14-23-18-3-1-2-4-19(18)25;;/h1-8,14,16,20H,9-13,22H2,(H,24,26);2*1H. The minimum Gasteiger partial charge on any atom is -0.381 e. The number of anilines is 1. The number of hydrogen-bond donors (Lipinski definition) is 2. The van der Waals surface area contributed by atoms with Crippen LogP contribution < -0.4 is 11.1 Å². The summed E-state index contributed by atoms with van der Waals surface area (Å²) < 4.78 is 7.45. The molecule has 1 fully saturated rings. The molecule has 0 bridgehead atoms. The number of nitrogens with zero attached hydrogens (tertiary/aromatic N) is 2. The van der Waals surface area contributed by atoms with Crippen molar-refractivity contribution >= 4 is 47.4 Å². The van der Waals surface area contributed by atoms with E-state index in [1.807, 2.05) is 48.8 Å². The third-order valence-corrected chi connectivity index (χ3v) is 5.18. The zero-order valence-corrected chi connectivity index (χ0v) is 17.6. The average molecular weight is 437 g/mol. The number of amides is 1. The molecule has 2 aromatic carbocycles. The molecular weight excluding hydrogens is 411 g/mol. The third kappa shape index (κ3) is 5.48. The molecule has 0 spiro atoms. The van der Waals surface area contributed by atoms with Crippen molar-refractivity contribution in [3.05, 3.63) is 60.4 Å². The Balaban J connectivity index is 0.00000150. The lowest BCUT2D eigenvalue weighted by Crippen LogP contribution is -2.43. The summed E-state index contributed by atoms with van der Waals surface area (Å²) in [5.41, 5.74) is 10.1. The van der Waals surface area contributed by atoms with Crippen molar-refractivity contribution < 1.29 is 9.53 Å². The van der Waals surface area contributed by atoms with Crippen LogP contribution in [0.2, 0.25) is 0 Å². The van der Waals surface area contributed by atoms with Gasteiger partial charge in [-0.15, -0.1) is 24.8 Å². The maximum absolute atomic E-state index is 12.4. The number of carbonyl (C=O) groups is 1. The van der Waals surface area contributed by atoms with Crippen LogP contribution in [0.3, 0.4) is 0 Å². The second kappa shape index (κ2) is 10.6. The zero-order chi connectivity index (χ0) is 18.6. The van der Waals surface area contributed by atoms with E-state index in [0.29, 0.717) is 13.2 Å². The number of para-hydroxylation sites is 2. The summed E-state index contributed by atoms with van der Waals surface area (Å²) in [4.78, 5) is 16.8. The van der Waals surface area contributed by atoms with Gasteiger partial charge in [0.2, 0.25) is 5.91 Å². The molecule has 1 atom stereocenters. The number of halogens is 2. The molecule has 3 N–H and O–H groups in total. The Labute approximate surface area is 182 Å². The maximum atomic E-state index is 12.4. The van der Waals surface area contributed by atoms with Crippen molar-refractivity contribution in [1.29, 1.82) is 0 Å². The topological polar surface area (TPSA) is 82.2 Å². The average Bonchev–Trinajstić information content (AvgIpc) is 3.12. The molecule has 1 unspecified atom stereocenters. The minimum atomic E-state index is -0.495. The molecule has 6 nitrogen and oxygen atoms in total. The second-order valence-corrected chi connectivity index (χ2v) is 7.02. The number of ether oxygens (including phenoxy) is 1. The summed E-state index contributed by atoms with van der Waals surface area (Å²) >= 11 is 0. The van der Waals surface area contributed by atoms with Crippen LogP contribution in [0, 0.1) is 5.92 Å². The van der Waals surface area contributed by atoms with Crippen molar-refractivity contribution in [2.24, 2.45) is 11.7 Å². The first kappa shape index (κ1) is 23.2. The molecule has 29 heavy (non-hydrogen) atoms. The number of aromatic nitrogens is 2. The Kier molecular flexibility index (Phi) is 8.46. The monoisotopic (exact) mass is 436 g/mol. The number of carbonyl (C=O) groups excluding carboxylic acids is 1. The molecule has 1 aliphatic rings. The molecule has 156 valence electrons. The van der Waals surface area contributed by atoms with Gasteiger partial charge >= 0.3 is 0 Å². The van der Waals surface area contributed by atoms with Gasteiger partial charge in [0.05, 0.1) is 23.4 Å². The van der Waals surface area contributed by atoms with E-state index in [1.165, 1.54) is 0 Å². The van der Waals surface area contributed by atoms with Crippen molar-refractivity contribution in [2.75, 3.05) is 18.5 Å². The van der Waals surface area contributed by atoms with E-state index in [9.17, 15) is 4.79 Å². The smallest absolute Gasteiger partial charge is 0.241 e. The highest BCUT2D eigenvalue weighted by Crippen LogP contribution is 2.20. The molecular formula is C21H26Cl2N4O2. The molecule has 0 saturated carbocycles. The van der Waals surface area contributed by atoms with Crippen LogP contribution in [0.1, 0.15) is 18.4 Å². The summed E-state index contributed by atoms with van der Waals surface area (Å²) in [5.74, 6) is 0.0581. The van der Waals surface area contributed by atoms with Crippen LogP contribution >= 0.6 is 24.8 Å². The van der Waals surface area contributed by atoms with Gasteiger partial charge in [-0.25, -0.2) is 4.98 Å². The Hall–Kier alpha value is -2.12. The summed E-state index contributed by atoms with van der Waals surface area (Å²) in [6.45, 7) is 2.10. The van der Waals surface area contributed by atoms with Crippen LogP contribution in [0.5, 0.6) is 0 Å². The summed E-state index contributed by atoms with van der Waals surface area (Å²) in [7, 11) is 0. The van der Waals surface area contributed by atoms with Crippen LogP contribution in [0.25, 0.3) is 11.0 Å². The van der Waals surface area contributed by atoms with E-state index in [1.54, 1.807) is 0 Å². The number of fused-ring (bicyclic) bond motifs is 1. The normalized spacial score (nSPS) is 15.2. The van der Waals surface area contributed by atoms with E-state index < -0.39 is 6.04 Å². The molecule has 1 saturated heterocycles. The van der Waals surface area contributed by atoms with E-state index >= 15 is 0 Å². The van der Waals surface area contributed by atoms with Gasteiger partial charge in [-0.2, -0.15) is 0 Å². The molecule has 1 amide bonds. The van der Waals surface area contributed by atoms with Crippen molar-refractivity contribution in [3.63, 3.8) is 0 Å². The Morgan fingerprint density at radius 1 is 1.14 bits per heavy atom. The van der Waals surface area contributed by atoms with Gasteiger partial charge in [0.15, 0.2) is 0 Å². The first-order valence-corrected chi connectivity index (χ1v) is 9.34. The van der Waals surface area contributed by atoms with Gasteiger partial charge in [0.1, 0.15) is 0 Å². The maximum Gasteiger partial charge on any atom is 0.241 e.